The predicted molar refractivity (Wildman–Crippen MR) is 67.4 cm³/mol. The highest BCUT2D eigenvalue weighted by molar-refractivity contribution is 6.31. The SMILES string of the molecule is CC1C(=O)CCC1c1cc2cc(Cl)ccc2o1. The third kappa shape index (κ3) is 1.77. The summed E-state index contributed by atoms with van der Waals surface area (Å²) in [4.78, 5) is 11.6. The monoisotopic (exact) mass is 248 g/mol. The van der Waals surface area contributed by atoms with Crippen molar-refractivity contribution in [2.75, 3.05) is 0 Å². The van der Waals surface area contributed by atoms with E-state index in [0.29, 0.717) is 17.2 Å². The smallest absolute Gasteiger partial charge is 0.136 e. The second-order valence-corrected chi connectivity index (χ2v) is 5.17. The van der Waals surface area contributed by atoms with E-state index in [9.17, 15) is 4.79 Å². The van der Waals surface area contributed by atoms with Gasteiger partial charge in [-0.25, -0.2) is 0 Å². The molecule has 1 aliphatic carbocycles. The van der Waals surface area contributed by atoms with Crippen molar-refractivity contribution in [3.05, 3.63) is 35.0 Å². The molecule has 1 aromatic heterocycles. The van der Waals surface area contributed by atoms with E-state index in [0.717, 1.165) is 23.2 Å². The molecule has 3 heteroatoms. The molecule has 17 heavy (non-hydrogen) atoms. The zero-order valence-corrected chi connectivity index (χ0v) is 10.3. The first kappa shape index (κ1) is 10.8. The van der Waals surface area contributed by atoms with Crippen LogP contribution in [0, 0.1) is 5.92 Å². The quantitative estimate of drug-likeness (QED) is 0.758. The molecule has 0 spiro atoms. The van der Waals surface area contributed by atoms with Gasteiger partial charge in [0.05, 0.1) is 0 Å². The van der Waals surface area contributed by atoms with Crippen LogP contribution in [0.1, 0.15) is 31.4 Å². The molecule has 2 nitrogen and oxygen atoms in total. The highest BCUT2D eigenvalue weighted by atomic mass is 35.5. The summed E-state index contributed by atoms with van der Waals surface area (Å²) in [7, 11) is 0. The molecule has 1 aliphatic rings. The lowest BCUT2D eigenvalue weighted by Crippen LogP contribution is -2.07. The van der Waals surface area contributed by atoms with E-state index in [4.69, 9.17) is 16.0 Å². The summed E-state index contributed by atoms with van der Waals surface area (Å²) in [6.07, 6.45) is 1.57. The lowest BCUT2D eigenvalue weighted by molar-refractivity contribution is -0.120. The van der Waals surface area contributed by atoms with E-state index >= 15 is 0 Å². The zero-order chi connectivity index (χ0) is 12.0. The fourth-order valence-corrected chi connectivity index (χ4v) is 2.79. The van der Waals surface area contributed by atoms with Gasteiger partial charge in [-0.3, -0.25) is 4.79 Å². The summed E-state index contributed by atoms with van der Waals surface area (Å²) in [5, 5.41) is 1.72. The second kappa shape index (κ2) is 3.88. The van der Waals surface area contributed by atoms with Crippen LogP contribution in [0.3, 0.4) is 0 Å². The van der Waals surface area contributed by atoms with E-state index in [2.05, 4.69) is 0 Å². The average Bonchev–Trinajstić information content (AvgIpc) is 2.83. The van der Waals surface area contributed by atoms with Crippen LogP contribution in [0.2, 0.25) is 5.02 Å². The summed E-state index contributed by atoms with van der Waals surface area (Å²) >= 11 is 5.94. The van der Waals surface area contributed by atoms with E-state index in [1.165, 1.54) is 0 Å². The summed E-state index contributed by atoms with van der Waals surface area (Å²) in [5.41, 5.74) is 0.843. The molecule has 1 aromatic carbocycles. The standard InChI is InChI=1S/C14H13ClO2/c1-8-11(3-4-12(8)16)14-7-9-6-10(15)2-5-13(9)17-14/h2,5-8,11H,3-4H2,1H3. The van der Waals surface area contributed by atoms with Crippen molar-refractivity contribution < 1.29 is 9.21 Å². The molecule has 0 bridgehead atoms. The van der Waals surface area contributed by atoms with Gasteiger partial charge in [0.2, 0.25) is 0 Å². The molecule has 0 aliphatic heterocycles. The summed E-state index contributed by atoms with van der Waals surface area (Å²) in [6.45, 7) is 1.99. The minimum atomic E-state index is 0.0750. The Balaban J connectivity index is 2.04. The number of ketones is 1. The van der Waals surface area contributed by atoms with Crippen molar-refractivity contribution in [2.45, 2.75) is 25.7 Å². The van der Waals surface area contributed by atoms with Gasteiger partial charge in [-0.05, 0) is 30.7 Å². The minimum Gasteiger partial charge on any atom is -0.461 e. The van der Waals surface area contributed by atoms with Gasteiger partial charge in [-0.1, -0.05) is 18.5 Å². The van der Waals surface area contributed by atoms with Crippen LogP contribution < -0.4 is 0 Å². The first-order valence-electron chi connectivity index (χ1n) is 5.87. The molecule has 2 aromatic rings. The summed E-state index contributed by atoms with van der Waals surface area (Å²) in [6, 6.07) is 7.61. The van der Waals surface area contributed by atoms with Gasteiger partial charge in [0.15, 0.2) is 0 Å². The van der Waals surface area contributed by atoms with Crippen molar-refractivity contribution >= 4 is 28.4 Å². The average molecular weight is 249 g/mol. The summed E-state index contributed by atoms with van der Waals surface area (Å²) in [5.74, 6) is 1.56. The molecule has 3 rings (SSSR count). The molecular formula is C14H13ClO2. The molecule has 1 saturated carbocycles. The Morgan fingerprint density at radius 3 is 2.88 bits per heavy atom. The zero-order valence-electron chi connectivity index (χ0n) is 9.57. The van der Waals surface area contributed by atoms with Crippen molar-refractivity contribution in [2.24, 2.45) is 5.92 Å². The van der Waals surface area contributed by atoms with Crippen LogP contribution >= 0.6 is 11.6 Å². The topological polar surface area (TPSA) is 30.2 Å². The highest BCUT2D eigenvalue weighted by Crippen LogP contribution is 2.39. The number of benzene rings is 1. The number of fused-ring (bicyclic) bond motifs is 1. The lowest BCUT2D eigenvalue weighted by atomic mass is 9.95. The van der Waals surface area contributed by atoms with Gasteiger partial charge >= 0.3 is 0 Å². The molecule has 1 fully saturated rings. The van der Waals surface area contributed by atoms with Crippen molar-refractivity contribution in [1.29, 1.82) is 0 Å². The molecular weight excluding hydrogens is 236 g/mol. The maximum atomic E-state index is 11.6. The van der Waals surface area contributed by atoms with Gasteiger partial charge in [0, 0.05) is 28.7 Å². The predicted octanol–water partition coefficient (Wildman–Crippen LogP) is 4.17. The Hall–Kier alpha value is -1.28. The molecule has 2 atom stereocenters. The van der Waals surface area contributed by atoms with E-state index in [-0.39, 0.29) is 11.8 Å². The molecule has 1 heterocycles. The Bertz CT molecular complexity index is 585. The van der Waals surface area contributed by atoms with Crippen molar-refractivity contribution in [3.8, 4) is 0 Å². The molecule has 0 amide bonds. The minimum absolute atomic E-state index is 0.0750. The number of rotatable bonds is 1. The largest absolute Gasteiger partial charge is 0.461 e. The number of furan rings is 1. The normalized spacial score (nSPS) is 24.7. The Morgan fingerprint density at radius 1 is 1.35 bits per heavy atom. The van der Waals surface area contributed by atoms with Gasteiger partial charge in [0.1, 0.15) is 17.1 Å². The number of carbonyl (C=O) groups excluding carboxylic acids is 1. The fraction of sp³-hybridized carbons (Fsp3) is 0.357. The lowest BCUT2D eigenvalue weighted by Gasteiger charge is -2.09. The number of halogens is 1. The van der Waals surface area contributed by atoms with Crippen LogP contribution in [-0.4, -0.2) is 5.78 Å². The van der Waals surface area contributed by atoms with Crippen LogP contribution in [0.25, 0.3) is 11.0 Å². The Kier molecular flexibility index (Phi) is 2.48. The third-order valence-corrected chi connectivity index (χ3v) is 3.91. The third-order valence-electron chi connectivity index (χ3n) is 3.68. The molecule has 88 valence electrons. The van der Waals surface area contributed by atoms with Crippen LogP contribution in [0.5, 0.6) is 0 Å². The van der Waals surface area contributed by atoms with E-state index in [1.54, 1.807) is 0 Å². The fourth-order valence-electron chi connectivity index (χ4n) is 2.61. The maximum absolute atomic E-state index is 11.6. The molecule has 2 unspecified atom stereocenters. The number of hydrogen-bond donors (Lipinski definition) is 0. The highest BCUT2D eigenvalue weighted by Gasteiger charge is 2.34. The molecule has 0 N–H and O–H groups in total. The van der Waals surface area contributed by atoms with E-state index in [1.807, 2.05) is 31.2 Å². The number of Topliss-reactive ketones (excluding diaryl/α,β-unsaturated/α-hetero) is 1. The first-order valence-corrected chi connectivity index (χ1v) is 6.24. The Morgan fingerprint density at radius 2 is 2.18 bits per heavy atom. The molecule has 0 radical (unpaired) electrons. The van der Waals surface area contributed by atoms with Crippen molar-refractivity contribution in [1.82, 2.24) is 0 Å². The van der Waals surface area contributed by atoms with Gasteiger partial charge in [-0.2, -0.15) is 0 Å². The van der Waals surface area contributed by atoms with Crippen LogP contribution in [0.4, 0.5) is 0 Å². The second-order valence-electron chi connectivity index (χ2n) is 4.73. The van der Waals surface area contributed by atoms with Crippen LogP contribution in [0.15, 0.2) is 28.7 Å². The number of carbonyl (C=O) groups is 1. The van der Waals surface area contributed by atoms with Gasteiger partial charge < -0.3 is 4.42 Å². The maximum Gasteiger partial charge on any atom is 0.136 e. The van der Waals surface area contributed by atoms with E-state index < -0.39 is 0 Å². The number of hydrogen-bond acceptors (Lipinski definition) is 2. The summed E-state index contributed by atoms with van der Waals surface area (Å²) < 4.78 is 5.81. The van der Waals surface area contributed by atoms with Gasteiger partial charge in [-0.15, -0.1) is 0 Å². The van der Waals surface area contributed by atoms with Crippen LogP contribution in [-0.2, 0) is 4.79 Å². The molecule has 0 saturated heterocycles. The Labute approximate surface area is 105 Å². The first-order chi connectivity index (χ1) is 8.15. The van der Waals surface area contributed by atoms with Gasteiger partial charge in [0.25, 0.3) is 0 Å². The van der Waals surface area contributed by atoms with Crippen molar-refractivity contribution in [3.63, 3.8) is 0 Å².